The summed E-state index contributed by atoms with van der Waals surface area (Å²) in [7, 11) is 0. The largest absolute Gasteiger partial charge is 0.519 e. The normalized spacial score (nSPS) is 29.0. The van der Waals surface area contributed by atoms with E-state index in [9.17, 15) is 19.2 Å². The lowest BCUT2D eigenvalue weighted by atomic mass is 9.50. The summed E-state index contributed by atoms with van der Waals surface area (Å²) < 4.78 is 51.0. The number of ether oxygens (including phenoxy) is 8. The molecule has 12 nitrogen and oxygen atoms in total. The van der Waals surface area contributed by atoms with E-state index >= 15 is 0 Å². The standard InChI is InChI=1S/C52H50I5O12/c1-51(31-13-27-11-28(15-31)16-32(51)14-27)68-47(58)25-62-43-21-41(55)45(23-39(43)53)66-49(60)64-37-7-3-35(4-8-37)57-36-5-9-38(10-6-36)65-50(61)67-46-24-40(54)44(22-42(46)56)63-26-48(59)69-52(2)33-17-29-12-30(19-33)20-34(52)18-29/h3-10,21-24,27-34H,11-20,25-26H2,1-2H3/q+1. The van der Waals surface area contributed by atoms with Gasteiger partial charge in [0, 0.05) is 0 Å². The van der Waals surface area contributed by atoms with Crippen LogP contribution in [-0.4, -0.2) is 48.7 Å². The van der Waals surface area contributed by atoms with Crippen LogP contribution in [-0.2, 0) is 19.1 Å². The molecule has 8 aliphatic rings. The van der Waals surface area contributed by atoms with E-state index in [0.717, 1.165) is 82.2 Å². The van der Waals surface area contributed by atoms with Crippen molar-refractivity contribution in [1.29, 1.82) is 0 Å². The number of esters is 2. The Labute approximate surface area is 466 Å². The number of carbonyl (C=O) groups is 4. The maximum absolute atomic E-state index is 13.0. The molecular weight excluding hydrogens is 1450 g/mol. The van der Waals surface area contributed by atoms with Crippen LogP contribution in [0.2, 0.25) is 0 Å². The highest BCUT2D eigenvalue weighted by molar-refractivity contribution is 14.1. The minimum atomic E-state index is -0.882. The maximum atomic E-state index is 13.0. The van der Waals surface area contributed by atoms with Gasteiger partial charge in [-0.3, -0.25) is 0 Å². The van der Waals surface area contributed by atoms with E-state index in [-0.39, 0.29) is 25.2 Å². The van der Waals surface area contributed by atoms with Gasteiger partial charge in [-0.2, -0.15) is 0 Å². The van der Waals surface area contributed by atoms with Crippen molar-refractivity contribution in [2.75, 3.05) is 13.2 Å². The van der Waals surface area contributed by atoms with E-state index in [1.165, 1.54) is 12.8 Å². The van der Waals surface area contributed by atoms with Gasteiger partial charge in [-0.15, -0.1) is 0 Å². The molecule has 0 atom stereocenters. The van der Waals surface area contributed by atoms with Crippen LogP contribution in [0.1, 0.15) is 78.1 Å². The number of benzene rings is 4. The minimum Gasteiger partial charge on any atom is -0.481 e. The summed E-state index contributed by atoms with van der Waals surface area (Å²) in [5, 5.41) is 0. The Bertz CT molecular complexity index is 2400. The molecule has 8 saturated carbocycles. The predicted octanol–water partition coefficient (Wildman–Crippen LogP) is 9.66. The highest BCUT2D eigenvalue weighted by Gasteiger charge is 2.58. The molecule has 0 unspecified atom stereocenters. The summed E-state index contributed by atoms with van der Waals surface area (Å²) in [6.07, 6.45) is 10.1. The Balaban J connectivity index is 0.651. The molecule has 8 bridgehead atoms. The summed E-state index contributed by atoms with van der Waals surface area (Å²) >= 11 is 7.70. The van der Waals surface area contributed by atoms with Crippen LogP contribution in [0.25, 0.3) is 0 Å². The van der Waals surface area contributed by atoms with Crippen molar-refractivity contribution in [3.05, 3.63) is 94.2 Å². The Kier molecular flexibility index (Phi) is 15.2. The van der Waals surface area contributed by atoms with Crippen LogP contribution in [0.3, 0.4) is 0 Å². The zero-order valence-corrected chi connectivity index (χ0v) is 48.6. The molecular formula is C52H50I5O12+. The fourth-order valence-corrected chi connectivity index (χ4v) is 16.9. The molecule has 4 aromatic rings. The van der Waals surface area contributed by atoms with Crippen molar-refractivity contribution < 1.29 is 78.3 Å². The van der Waals surface area contributed by atoms with E-state index in [2.05, 4.69) is 104 Å². The lowest BCUT2D eigenvalue weighted by molar-refractivity contribution is -0.597. The van der Waals surface area contributed by atoms with E-state index < -0.39 is 44.7 Å². The molecule has 0 aromatic heterocycles. The summed E-state index contributed by atoms with van der Waals surface area (Å²) in [4.78, 5) is 51.7. The fourth-order valence-electron chi connectivity index (χ4n) is 12.5. The second-order valence-corrected chi connectivity index (χ2v) is 27.5. The van der Waals surface area contributed by atoms with Crippen molar-refractivity contribution >= 4 is 115 Å². The molecule has 12 rings (SSSR count). The average Bonchev–Trinajstić information content (AvgIpc) is 3.29. The van der Waals surface area contributed by atoms with E-state index in [4.69, 9.17) is 37.9 Å². The van der Waals surface area contributed by atoms with Gasteiger partial charge < -0.3 is 37.9 Å². The molecule has 17 heteroatoms. The molecule has 0 spiro atoms. The smallest absolute Gasteiger partial charge is 0.481 e. The van der Waals surface area contributed by atoms with Crippen LogP contribution in [0.4, 0.5) is 9.59 Å². The lowest BCUT2D eigenvalue weighted by Gasteiger charge is -2.59. The van der Waals surface area contributed by atoms with E-state index in [1.807, 2.05) is 24.3 Å². The first-order chi connectivity index (χ1) is 33.0. The Morgan fingerprint density at radius 1 is 0.464 bits per heavy atom. The summed E-state index contributed by atoms with van der Waals surface area (Å²) in [6, 6.07) is 21.3. The van der Waals surface area contributed by atoms with Gasteiger partial charge >= 0.3 is 45.5 Å². The summed E-state index contributed by atoms with van der Waals surface area (Å²) in [5.41, 5.74) is -0.832. The van der Waals surface area contributed by atoms with Gasteiger partial charge in [-0.1, -0.05) is 0 Å². The third-order valence-corrected chi connectivity index (χ3v) is 21.5. The lowest BCUT2D eigenvalue weighted by Crippen LogP contribution is -3.61. The van der Waals surface area contributed by atoms with Crippen LogP contribution < -0.4 is 49.6 Å². The van der Waals surface area contributed by atoms with Crippen LogP contribution in [0, 0.1) is 68.8 Å². The first kappa shape index (κ1) is 50.2. The summed E-state index contributed by atoms with van der Waals surface area (Å²) in [5.74, 6) is 6.45. The van der Waals surface area contributed by atoms with Crippen molar-refractivity contribution in [1.82, 2.24) is 0 Å². The van der Waals surface area contributed by atoms with Gasteiger partial charge in [0.1, 0.15) is 45.7 Å². The quantitative estimate of drug-likeness (QED) is 0.0674. The molecule has 0 aliphatic heterocycles. The van der Waals surface area contributed by atoms with Crippen molar-refractivity contribution in [3.63, 3.8) is 0 Å². The predicted molar refractivity (Wildman–Crippen MR) is 281 cm³/mol. The van der Waals surface area contributed by atoms with Crippen LogP contribution in [0.5, 0.6) is 34.5 Å². The number of rotatable bonds is 14. The third-order valence-electron chi connectivity index (χ3n) is 15.5. The van der Waals surface area contributed by atoms with Crippen molar-refractivity contribution in [3.8, 4) is 34.5 Å². The second kappa shape index (κ2) is 20.9. The molecule has 0 N–H and O–H groups in total. The Morgan fingerprint density at radius 2 is 0.768 bits per heavy atom. The fraction of sp³-hybridized carbons (Fsp3) is 0.462. The first-order valence-electron chi connectivity index (χ1n) is 23.4. The molecule has 0 amide bonds. The topological polar surface area (TPSA) is 142 Å². The number of carbonyl (C=O) groups excluding carboxylic acids is 4. The van der Waals surface area contributed by atoms with Crippen LogP contribution in [0.15, 0.2) is 72.8 Å². The zero-order valence-electron chi connectivity index (χ0n) is 37.8. The molecule has 8 fully saturated rings. The highest BCUT2D eigenvalue weighted by Crippen LogP contribution is 2.60. The molecule has 0 radical (unpaired) electrons. The van der Waals surface area contributed by atoms with Gasteiger partial charge in [-0.05, 0) is 289 Å². The molecule has 0 saturated heterocycles. The Hall–Kier alpha value is -2.39. The second-order valence-electron chi connectivity index (χ2n) is 19.8. The van der Waals surface area contributed by atoms with Crippen molar-refractivity contribution in [2.45, 2.75) is 89.3 Å². The first-order valence-corrected chi connectivity index (χ1v) is 29.8. The molecule has 0 heterocycles. The van der Waals surface area contributed by atoms with Crippen molar-refractivity contribution in [2.24, 2.45) is 47.3 Å². The number of hydrogen-bond donors (Lipinski definition) is 0. The van der Waals surface area contributed by atoms with E-state index in [0.29, 0.717) is 72.4 Å². The molecule has 4 aromatic carbocycles. The van der Waals surface area contributed by atoms with Gasteiger partial charge in [0.05, 0.1) is 14.3 Å². The number of hydrogen-bond acceptors (Lipinski definition) is 12. The summed E-state index contributed by atoms with van der Waals surface area (Å²) in [6.45, 7) is 3.86. The molecule has 8 aliphatic carbocycles. The average molecular weight is 1500 g/mol. The van der Waals surface area contributed by atoms with Gasteiger partial charge in [0.25, 0.3) is 0 Å². The van der Waals surface area contributed by atoms with Gasteiger partial charge in [0.2, 0.25) is 0 Å². The number of halogens is 5. The van der Waals surface area contributed by atoms with Gasteiger partial charge in [0.15, 0.2) is 20.4 Å². The van der Waals surface area contributed by atoms with Crippen LogP contribution >= 0.6 is 90.4 Å². The third kappa shape index (κ3) is 11.3. The Morgan fingerprint density at radius 3 is 1.10 bits per heavy atom. The van der Waals surface area contributed by atoms with Gasteiger partial charge in [-0.25, -0.2) is 19.2 Å². The maximum Gasteiger partial charge on any atom is 0.519 e. The zero-order chi connectivity index (χ0) is 48.2. The molecule has 69 heavy (non-hydrogen) atoms. The van der Waals surface area contributed by atoms with E-state index in [1.54, 1.807) is 48.5 Å². The highest BCUT2D eigenvalue weighted by atomic mass is 127. The molecule has 364 valence electrons. The SMILES string of the molecule is CC1(OC(=O)COc2cc(I)c(OC(=O)Oc3ccc([I+]c4ccc(OC(=O)Oc5cc(I)c(OCC(=O)OC6(C)C7CC8CC(C7)CC6C8)cc5I)cc4)cc3)cc2I)C2CC3CC(C2)CC1C3. The monoisotopic (exact) mass is 1500 g/mol. The minimum absolute atomic E-state index is 0.193.